The van der Waals surface area contributed by atoms with Crippen LogP contribution in [0.2, 0.25) is 0 Å². The third-order valence-electron chi connectivity index (χ3n) is 3.41. The third kappa shape index (κ3) is 4.76. The van der Waals surface area contributed by atoms with E-state index in [0.717, 1.165) is 0 Å². The lowest BCUT2D eigenvalue weighted by molar-refractivity contribution is 0.182. The molecule has 4 nitrogen and oxygen atoms in total. The maximum Gasteiger partial charge on any atom is 0.142 e. The standard InChI is InChI=1S/C18H20FN3O/c1-13(2)11-22(18-5-3-4-16(10-20)21-18)12-17(23)14-6-8-15(19)9-7-14/h3-9,13,17,23H,11-12H2,1-2H3. The predicted octanol–water partition coefficient (Wildman–Crippen LogP) is 3.29. The first-order chi connectivity index (χ1) is 11.0. The molecule has 0 amide bonds. The normalized spacial score (nSPS) is 12.0. The summed E-state index contributed by atoms with van der Waals surface area (Å²) in [4.78, 5) is 6.24. The molecule has 0 bridgehead atoms. The van der Waals surface area contributed by atoms with E-state index in [2.05, 4.69) is 18.8 Å². The van der Waals surface area contributed by atoms with Gasteiger partial charge in [-0.05, 0) is 35.7 Å². The molecule has 0 spiro atoms. The molecule has 0 saturated carbocycles. The number of rotatable bonds is 6. The van der Waals surface area contributed by atoms with Crippen LogP contribution in [-0.4, -0.2) is 23.2 Å². The first kappa shape index (κ1) is 16.9. The van der Waals surface area contributed by atoms with Crippen LogP contribution < -0.4 is 4.90 Å². The lowest BCUT2D eigenvalue weighted by atomic mass is 10.1. The van der Waals surface area contributed by atoms with Gasteiger partial charge in [-0.25, -0.2) is 9.37 Å². The largest absolute Gasteiger partial charge is 0.387 e. The number of nitriles is 1. The second kappa shape index (κ2) is 7.70. The van der Waals surface area contributed by atoms with Gasteiger partial charge < -0.3 is 10.0 Å². The van der Waals surface area contributed by atoms with Gasteiger partial charge in [0, 0.05) is 13.1 Å². The van der Waals surface area contributed by atoms with Crippen LogP contribution in [0.3, 0.4) is 0 Å². The quantitative estimate of drug-likeness (QED) is 0.889. The van der Waals surface area contributed by atoms with E-state index in [-0.39, 0.29) is 5.82 Å². The van der Waals surface area contributed by atoms with E-state index in [0.29, 0.717) is 36.1 Å². The third-order valence-corrected chi connectivity index (χ3v) is 3.41. The summed E-state index contributed by atoms with van der Waals surface area (Å²) in [5.74, 6) is 0.685. The van der Waals surface area contributed by atoms with Crippen molar-refractivity contribution in [1.82, 2.24) is 4.98 Å². The number of pyridine rings is 1. The molecule has 1 aromatic heterocycles. The number of benzene rings is 1. The molecule has 120 valence electrons. The van der Waals surface area contributed by atoms with Gasteiger partial charge in [0.2, 0.25) is 0 Å². The number of aromatic nitrogens is 1. The van der Waals surface area contributed by atoms with Crippen LogP contribution in [0.5, 0.6) is 0 Å². The monoisotopic (exact) mass is 313 g/mol. The van der Waals surface area contributed by atoms with E-state index >= 15 is 0 Å². The van der Waals surface area contributed by atoms with Gasteiger partial charge in [0.15, 0.2) is 0 Å². The Kier molecular flexibility index (Phi) is 5.67. The molecule has 1 N–H and O–H groups in total. The molecule has 23 heavy (non-hydrogen) atoms. The fourth-order valence-corrected chi connectivity index (χ4v) is 2.36. The molecule has 0 aliphatic heterocycles. The SMILES string of the molecule is CC(C)CN(CC(O)c1ccc(F)cc1)c1cccc(C#N)n1. The van der Waals surface area contributed by atoms with Crippen LogP contribution in [0, 0.1) is 23.1 Å². The average Bonchev–Trinajstić information content (AvgIpc) is 2.54. The second-order valence-electron chi connectivity index (χ2n) is 5.86. The molecular weight excluding hydrogens is 293 g/mol. The fourth-order valence-electron chi connectivity index (χ4n) is 2.36. The lowest BCUT2D eigenvalue weighted by Crippen LogP contribution is -2.32. The van der Waals surface area contributed by atoms with E-state index in [1.165, 1.54) is 12.1 Å². The zero-order valence-corrected chi connectivity index (χ0v) is 13.3. The van der Waals surface area contributed by atoms with Gasteiger partial charge in [0.05, 0.1) is 6.10 Å². The number of anilines is 1. The number of aliphatic hydroxyl groups is 1. The molecule has 0 radical (unpaired) electrons. The van der Waals surface area contributed by atoms with E-state index < -0.39 is 6.10 Å². The topological polar surface area (TPSA) is 60.1 Å². The summed E-state index contributed by atoms with van der Waals surface area (Å²) in [6, 6.07) is 13.1. The van der Waals surface area contributed by atoms with Gasteiger partial charge >= 0.3 is 0 Å². The molecule has 1 atom stereocenters. The summed E-state index contributed by atoms with van der Waals surface area (Å²) < 4.78 is 13.0. The molecule has 0 saturated heterocycles. The first-order valence-electron chi connectivity index (χ1n) is 7.55. The number of hydrogen-bond acceptors (Lipinski definition) is 4. The summed E-state index contributed by atoms with van der Waals surface area (Å²) in [5, 5.41) is 19.4. The van der Waals surface area contributed by atoms with Gasteiger partial charge in [0.25, 0.3) is 0 Å². The Bertz CT molecular complexity index is 679. The van der Waals surface area contributed by atoms with Crippen molar-refractivity contribution in [2.75, 3.05) is 18.0 Å². The molecule has 5 heteroatoms. The minimum atomic E-state index is -0.762. The predicted molar refractivity (Wildman–Crippen MR) is 87.4 cm³/mol. The maximum atomic E-state index is 13.0. The minimum Gasteiger partial charge on any atom is -0.387 e. The second-order valence-corrected chi connectivity index (χ2v) is 5.86. The van der Waals surface area contributed by atoms with Gasteiger partial charge in [-0.3, -0.25) is 0 Å². The molecule has 2 rings (SSSR count). The first-order valence-corrected chi connectivity index (χ1v) is 7.55. The van der Waals surface area contributed by atoms with Crippen LogP contribution in [0.1, 0.15) is 31.2 Å². The molecule has 2 aromatic rings. The molecule has 0 aliphatic rings. The van der Waals surface area contributed by atoms with E-state index in [1.807, 2.05) is 17.0 Å². The summed E-state index contributed by atoms with van der Waals surface area (Å²) >= 11 is 0. The molecular formula is C18H20FN3O. The number of halogens is 1. The average molecular weight is 313 g/mol. The van der Waals surface area contributed by atoms with Crippen LogP contribution in [0.25, 0.3) is 0 Å². The van der Waals surface area contributed by atoms with Crippen molar-refractivity contribution in [2.45, 2.75) is 20.0 Å². The Morgan fingerprint density at radius 1 is 1.17 bits per heavy atom. The highest BCUT2D eigenvalue weighted by Crippen LogP contribution is 2.20. The Morgan fingerprint density at radius 3 is 2.48 bits per heavy atom. The Morgan fingerprint density at radius 2 is 1.87 bits per heavy atom. The zero-order valence-electron chi connectivity index (χ0n) is 13.3. The molecule has 1 heterocycles. The molecule has 1 aromatic carbocycles. The molecule has 0 fully saturated rings. The van der Waals surface area contributed by atoms with E-state index in [4.69, 9.17) is 5.26 Å². The summed E-state index contributed by atoms with van der Waals surface area (Å²) in [6.45, 7) is 5.17. The van der Waals surface area contributed by atoms with Gasteiger partial charge in [0.1, 0.15) is 23.4 Å². The van der Waals surface area contributed by atoms with Crippen molar-refractivity contribution in [3.05, 3.63) is 59.5 Å². The zero-order chi connectivity index (χ0) is 16.8. The number of nitrogens with zero attached hydrogens (tertiary/aromatic N) is 3. The van der Waals surface area contributed by atoms with Crippen molar-refractivity contribution in [1.29, 1.82) is 5.26 Å². The molecule has 1 unspecified atom stereocenters. The van der Waals surface area contributed by atoms with Gasteiger partial charge in [-0.2, -0.15) is 5.26 Å². The Balaban J connectivity index is 2.21. The van der Waals surface area contributed by atoms with E-state index in [1.54, 1.807) is 24.3 Å². The smallest absolute Gasteiger partial charge is 0.142 e. The minimum absolute atomic E-state index is 0.325. The van der Waals surface area contributed by atoms with Crippen molar-refractivity contribution >= 4 is 5.82 Å². The highest BCUT2D eigenvalue weighted by molar-refractivity contribution is 5.42. The van der Waals surface area contributed by atoms with E-state index in [9.17, 15) is 9.50 Å². The summed E-state index contributed by atoms with van der Waals surface area (Å²) in [7, 11) is 0. The van der Waals surface area contributed by atoms with Crippen LogP contribution >= 0.6 is 0 Å². The van der Waals surface area contributed by atoms with Crippen LogP contribution in [0.15, 0.2) is 42.5 Å². The Labute approximate surface area is 135 Å². The lowest BCUT2D eigenvalue weighted by Gasteiger charge is -2.28. The molecule has 0 aliphatic carbocycles. The van der Waals surface area contributed by atoms with Crippen LogP contribution in [0.4, 0.5) is 10.2 Å². The van der Waals surface area contributed by atoms with Gasteiger partial charge in [-0.1, -0.05) is 32.0 Å². The summed E-state index contributed by atoms with van der Waals surface area (Å²) in [5.41, 5.74) is 0.990. The number of hydrogen-bond donors (Lipinski definition) is 1. The maximum absolute atomic E-state index is 13.0. The van der Waals surface area contributed by atoms with Crippen LogP contribution in [-0.2, 0) is 0 Å². The fraction of sp³-hybridized carbons (Fsp3) is 0.333. The van der Waals surface area contributed by atoms with Crippen molar-refractivity contribution in [3.8, 4) is 6.07 Å². The van der Waals surface area contributed by atoms with Gasteiger partial charge in [-0.15, -0.1) is 0 Å². The van der Waals surface area contributed by atoms with Crippen molar-refractivity contribution in [2.24, 2.45) is 5.92 Å². The highest BCUT2D eigenvalue weighted by atomic mass is 19.1. The Hall–Kier alpha value is -2.45. The number of aliphatic hydroxyl groups excluding tert-OH is 1. The summed E-state index contributed by atoms with van der Waals surface area (Å²) in [6.07, 6.45) is -0.762. The van der Waals surface area contributed by atoms with Crippen molar-refractivity contribution in [3.63, 3.8) is 0 Å². The van der Waals surface area contributed by atoms with Crippen molar-refractivity contribution < 1.29 is 9.50 Å². The highest BCUT2D eigenvalue weighted by Gasteiger charge is 2.17.